The second kappa shape index (κ2) is 7.22. The Bertz CT molecular complexity index is 1260. The molecule has 0 unspecified atom stereocenters. The van der Waals surface area contributed by atoms with Gasteiger partial charge in [0.05, 0.1) is 0 Å². The van der Waals surface area contributed by atoms with Gasteiger partial charge in [0.1, 0.15) is 17.0 Å². The minimum absolute atomic E-state index is 0.179. The van der Waals surface area contributed by atoms with E-state index in [9.17, 15) is 4.79 Å². The Morgan fingerprint density at radius 3 is 2.60 bits per heavy atom. The molecule has 1 amide bonds. The number of aromatic nitrogens is 2. The van der Waals surface area contributed by atoms with E-state index in [0.29, 0.717) is 23.7 Å². The van der Waals surface area contributed by atoms with Gasteiger partial charge in [-0.25, -0.2) is 4.98 Å². The van der Waals surface area contributed by atoms with Crippen LogP contribution in [0.4, 0.5) is 0 Å². The number of nitrogens with one attached hydrogen (secondary N) is 1. The Kier molecular flexibility index (Phi) is 4.39. The molecule has 0 radical (unpaired) electrons. The molecule has 3 heterocycles. The number of carbonyl (C=O) groups excluding carboxylic acids is 1. The molecule has 150 valence electrons. The summed E-state index contributed by atoms with van der Waals surface area (Å²) in [6, 6.07) is 17.7. The van der Waals surface area contributed by atoms with Gasteiger partial charge < -0.3 is 14.8 Å². The van der Waals surface area contributed by atoms with Crippen molar-refractivity contribution in [2.75, 3.05) is 6.79 Å². The normalized spacial score (nSPS) is 12.3. The summed E-state index contributed by atoms with van der Waals surface area (Å²) in [5.41, 5.74) is 6.00. The molecule has 0 fully saturated rings. The van der Waals surface area contributed by atoms with Gasteiger partial charge in [0.25, 0.3) is 5.91 Å². The van der Waals surface area contributed by atoms with Crippen LogP contribution < -0.4 is 14.8 Å². The Hall–Kier alpha value is -3.80. The van der Waals surface area contributed by atoms with E-state index in [1.807, 2.05) is 79.0 Å². The third-order valence-electron chi connectivity index (χ3n) is 5.20. The van der Waals surface area contributed by atoms with Gasteiger partial charge in [-0.1, -0.05) is 42.0 Å². The number of carbonyl (C=O) groups is 1. The van der Waals surface area contributed by atoms with E-state index in [0.717, 1.165) is 33.7 Å². The van der Waals surface area contributed by atoms with Crippen molar-refractivity contribution < 1.29 is 14.3 Å². The van der Waals surface area contributed by atoms with Crippen molar-refractivity contribution in [1.82, 2.24) is 14.7 Å². The Morgan fingerprint density at radius 2 is 1.77 bits per heavy atom. The molecule has 1 N–H and O–H groups in total. The Labute approximate surface area is 174 Å². The van der Waals surface area contributed by atoms with Crippen LogP contribution in [0.5, 0.6) is 11.5 Å². The summed E-state index contributed by atoms with van der Waals surface area (Å²) in [5.74, 6) is 1.25. The second-order valence-corrected chi connectivity index (χ2v) is 7.48. The number of pyridine rings is 1. The monoisotopic (exact) mass is 399 g/mol. The predicted octanol–water partition coefficient (Wildman–Crippen LogP) is 4.28. The lowest BCUT2D eigenvalue weighted by molar-refractivity contribution is 0.0945. The van der Waals surface area contributed by atoms with Crippen LogP contribution in [0, 0.1) is 13.8 Å². The minimum atomic E-state index is -0.179. The van der Waals surface area contributed by atoms with Gasteiger partial charge in [-0.05, 0) is 43.2 Å². The fourth-order valence-electron chi connectivity index (χ4n) is 3.60. The number of fused-ring (bicyclic) bond motifs is 2. The van der Waals surface area contributed by atoms with E-state index >= 15 is 0 Å². The van der Waals surface area contributed by atoms with Crippen molar-refractivity contribution in [3.8, 4) is 22.8 Å². The highest BCUT2D eigenvalue weighted by Gasteiger charge is 2.21. The number of aryl methyl sites for hydroxylation is 2. The van der Waals surface area contributed by atoms with Crippen molar-refractivity contribution in [3.05, 3.63) is 83.2 Å². The highest BCUT2D eigenvalue weighted by atomic mass is 16.7. The van der Waals surface area contributed by atoms with Gasteiger partial charge >= 0.3 is 0 Å². The van der Waals surface area contributed by atoms with Gasteiger partial charge in [-0.3, -0.25) is 9.20 Å². The van der Waals surface area contributed by atoms with Crippen molar-refractivity contribution >= 4 is 11.6 Å². The van der Waals surface area contributed by atoms with E-state index in [1.54, 1.807) is 0 Å². The number of rotatable bonds is 4. The van der Waals surface area contributed by atoms with Gasteiger partial charge in [0.2, 0.25) is 6.79 Å². The van der Waals surface area contributed by atoms with Crippen LogP contribution in [0.2, 0.25) is 0 Å². The molecule has 0 spiro atoms. The number of nitrogens with zero attached hydrogens (tertiary/aromatic N) is 2. The minimum Gasteiger partial charge on any atom is -0.454 e. The molecule has 0 bridgehead atoms. The van der Waals surface area contributed by atoms with Crippen LogP contribution in [0.1, 0.15) is 27.2 Å². The molecule has 30 heavy (non-hydrogen) atoms. The van der Waals surface area contributed by atoms with Crippen molar-refractivity contribution in [1.29, 1.82) is 0 Å². The van der Waals surface area contributed by atoms with E-state index in [1.165, 1.54) is 0 Å². The number of ether oxygens (including phenoxy) is 2. The molecule has 1 aliphatic heterocycles. The molecule has 0 aliphatic carbocycles. The van der Waals surface area contributed by atoms with Crippen LogP contribution in [-0.4, -0.2) is 22.1 Å². The van der Waals surface area contributed by atoms with Crippen LogP contribution in [0.15, 0.2) is 60.8 Å². The molecule has 6 nitrogen and oxygen atoms in total. The molecule has 2 aromatic carbocycles. The van der Waals surface area contributed by atoms with Crippen LogP contribution in [0.3, 0.4) is 0 Å². The standard InChI is InChI=1S/C24H21N3O3/c1-15-3-7-18(8-4-15)22-23(27-13-16(2)5-10-21(27)26-22)24(28)25-12-17-6-9-19-20(11-17)30-14-29-19/h3-11,13H,12,14H2,1-2H3,(H,25,28). The first kappa shape index (κ1) is 18.2. The molecular formula is C24H21N3O3. The summed E-state index contributed by atoms with van der Waals surface area (Å²) >= 11 is 0. The fourth-order valence-corrected chi connectivity index (χ4v) is 3.60. The molecular weight excluding hydrogens is 378 g/mol. The third kappa shape index (κ3) is 3.26. The first-order valence-corrected chi connectivity index (χ1v) is 9.81. The van der Waals surface area contributed by atoms with Crippen LogP contribution in [-0.2, 0) is 6.54 Å². The molecule has 6 heteroatoms. The zero-order valence-corrected chi connectivity index (χ0v) is 16.8. The summed E-state index contributed by atoms with van der Waals surface area (Å²) in [5, 5.41) is 3.03. The maximum absolute atomic E-state index is 13.3. The molecule has 4 aromatic rings. The van der Waals surface area contributed by atoms with E-state index in [2.05, 4.69) is 5.32 Å². The summed E-state index contributed by atoms with van der Waals surface area (Å²) in [6.07, 6.45) is 1.94. The first-order valence-electron chi connectivity index (χ1n) is 9.81. The number of hydrogen-bond acceptors (Lipinski definition) is 4. The quantitative estimate of drug-likeness (QED) is 0.556. The lowest BCUT2D eigenvalue weighted by Crippen LogP contribution is -2.24. The number of benzene rings is 2. The van der Waals surface area contributed by atoms with Crippen molar-refractivity contribution in [3.63, 3.8) is 0 Å². The smallest absolute Gasteiger partial charge is 0.270 e. The second-order valence-electron chi connectivity index (χ2n) is 7.48. The van der Waals surface area contributed by atoms with Gasteiger partial charge in [-0.15, -0.1) is 0 Å². The number of amides is 1. The molecule has 1 aliphatic rings. The highest BCUT2D eigenvalue weighted by Crippen LogP contribution is 2.32. The zero-order chi connectivity index (χ0) is 20.7. The van der Waals surface area contributed by atoms with Gasteiger partial charge in [-0.2, -0.15) is 0 Å². The molecule has 5 rings (SSSR count). The largest absolute Gasteiger partial charge is 0.454 e. The third-order valence-corrected chi connectivity index (χ3v) is 5.20. The average molecular weight is 399 g/mol. The molecule has 2 aromatic heterocycles. The summed E-state index contributed by atoms with van der Waals surface area (Å²) in [6.45, 7) is 4.64. The number of imidazole rings is 1. The Morgan fingerprint density at radius 1 is 1.00 bits per heavy atom. The topological polar surface area (TPSA) is 64.9 Å². The van der Waals surface area contributed by atoms with E-state index in [4.69, 9.17) is 14.5 Å². The number of hydrogen-bond donors (Lipinski definition) is 1. The zero-order valence-electron chi connectivity index (χ0n) is 16.8. The summed E-state index contributed by atoms with van der Waals surface area (Å²) < 4.78 is 12.6. The maximum atomic E-state index is 13.3. The Balaban J connectivity index is 1.50. The lowest BCUT2D eigenvalue weighted by atomic mass is 10.1. The SMILES string of the molecule is Cc1ccc(-c2nc3ccc(C)cn3c2C(=O)NCc2ccc3c(c2)OCO3)cc1. The van der Waals surface area contributed by atoms with Gasteiger partial charge in [0, 0.05) is 18.3 Å². The molecule has 0 saturated carbocycles. The van der Waals surface area contributed by atoms with Crippen molar-refractivity contribution in [2.24, 2.45) is 0 Å². The average Bonchev–Trinajstić information content (AvgIpc) is 3.36. The fraction of sp³-hybridized carbons (Fsp3) is 0.167. The molecule has 0 atom stereocenters. The van der Waals surface area contributed by atoms with E-state index < -0.39 is 0 Å². The van der Waals surface area contributed by atoms with Crippen LogP contribution >= 0.6 is 0 Å². The first-order chi connectivity index (χ1) is 14.6. The van der Waals surface area contributed by atoms with Crippen molar-refractivity contribution in [2.45, 2.75) is 20.4 Å². The summed E-state index contributed by atoms with van der Waals surface area (Å²) in [7, 11) is 0. The summed E-state index contributed by atoms with van der Waals surface area (Å²) in [4.78, 5) is 18.0. The molecule has 0 saturated heterocycles. The van der Waals surface area contributed by atoms with E-state index in [-0.39, 0.29) is 12.7 Å². The van der Waals surface area contributed by atoms with Gasteiger partial charge in [0.15, 0.2) is 11.5 Å². The van der Waals surface area contributed by atoms with Crippen LogP contribution in [0.25, 0.3) is 16.9 Å². The lowest BCUT2D eigenvalue weighted by Gasteiger charge is -2.09. The highest BCUT2D eigenvalue weighted by molar-refractivity contribution is 5.99. The predicted molar refractivity (Wildman–Crippen MR) is 114 cm³/mol. The maximum Gasteiger partial charge on any atom is 0.270 e.